The lowest BCUT2D eigenvalue weighted by Crippen LogP contribution is -2.27. The molecule has 1 saturated heterocycles. The lowest BCUT2D eigenvalue weighted by atomic mass is 10.1. The molecular formula is C12H16N2O. The van der Waals surface area contributed by atoms with Crippen LogP contribution in [0.15, 0.2) is 30.3 Å². The number of carbonyl (C=O) groups excluding carboxylic acids is 1. The van der Waals surface area contributed by atoms with Gasteiger partial charge in [-0.15, -0.1) is 0 Å². The summed E-state index contributed by atoms with van der Waals surface area (Å²) in [4.78, 5) is 13.3. The average Bonchev–Trinajstić information content (AvgIpc) is 2.68. The molecule has 1 fully saturated rings. The second kappa shape index (κ2) is 4.45. The van der Waals surface area contributed by atoms with E-state index < -0.39 is 0 Å². The Kier molecular flexibility index (Phi) is 3.02. The predicted molar refractivity (Wildman–Crippen MR) is 59.0 cm³/mol. The van der Waals surface area contributed by atoms with E-state index in [1.165, 1.54) is 5.56 Å². The van der Waals surface area contributed by atoms with Crippen LogP contribution in [0, 0.1) is 5.92 Å². The Bertz CT molecular complexity index is 337. The minimum Gasteiger partial charge on any atom is -0.369 e. The largest absolute Gasteiger partial charge is 0.369 e. The van der Waals surface area contributed by atoms with Crippen LogP contribution in [0.1, 0.15) is 12.0 Å². The second-order valence-electron chi connectivity index (χ2n) is 4.11. The van der Waals surface area contributed by atoms with E-state index in [1.54, 1.807) is 0 Å². The molecule has 1 aromatic rings. The van der Waals surface area contributed by atoms with E-state index in [0.29, 0.717) is 0 Å². The highest BCUT2D eigenvalue weighted by Gasteiger charge is 2.26. The van der Waals surface area contributed by atoms with Crippen molar-refractivity contribution in [2.24, 2.45) is 11.7 Å². The number of hydrogen-bond donors (Lipinski definition) is 1. The lowest BCUT2D eigenvalue weighted by Gasteiger charge is -2.14. The number of hydrogen-bond acceptors (Lipinski definition) is 2. The quantitative estimate of drug-likeness (QED) is 0.798. The van der Waals surface area contributed by atoms with Gasteiger partial charge in [-0.25, -0.2) is 0 Å². The van der Waals surface area contributed by atoms with Crippen molar-refractivity contribution in [1.29, 1.82) is 0 Å². The van der Waals surface area contributed by atoms with Gasteiger partial charge in [0.15, 0.2) is 0 Å². The maximum Gasteiger partial charge on any atom is 0.221 e. The van der Waals surface area contributed by atoms with Gasteiger partial charge in [0.05, 0.1) is 5.92 Å². The number of nitrogens with zero attached hydrogens (tertiary/aromatic N) is 1. The highest BCUT2D eigenvalue weighted by molar-refractivity contribution is 5.77. The van der Waals surface area contributed by atoms with Gasteiger partial charge in [-0.2, -0.15) is 0 Å². The highest BCUT2D eigenvalue weighted by Crippen LogP contribution is 2.17. The smallest absolute Gasteiger partial charge is 0.221 e. The standard InChI is InChI=1S/C12H16N2O/c13-12(15)11-6-7-14(9-11)8-10-4-2-1-3-5-10/h1-5,11H,6-9H2,(H2,13,15)/t11-/m0/s1. The zero-order valence-electron chi connectivity index (χ0n) is 8.73. The van der Waals surface area contributed by atoms with Crippen LogP contribution in [0.2, 0.25) is 0 Å². The van der Waals surface area contributed by atoms with Crippen LogP contribution in [-0.2, 0) is 11.3 Å². The van der Waals surface area contributed by atoms with Crippen LogP contribution >= 0.6 is 0 Å². The van der Waals surface area contributed by atoms with Gasteiger partial charge in [0.25, 0.3) is 0 Å². The minimum atomic E-state index is -0.162. The first-order valence-corrected chi connectivity index (χ1v) is 5.31. The zero-order chi connectivity index (χ0) is 10.7. The molecule has 0 spiro atoms. The number of benzene rings is 1. The summed E-state index contributed by atoms with van der Waals surface area (Å²) in [5, 5.41) is 0. The molecule has 1 aromatic carbocycles. The van der Waals surface area contributed by atoms with Crippen molar-refractivity contribution in [3.05, 3.63) is 35.9 Å². The Morgan fingerprint density at radius 3 is 2.73 bits per heavy atom. The first-order chi connectivity index (χ1) is 7.25. The van der Waals surface area contributed by atoms with Gasteiger partial charge in [0, 0.05) is 13.1 Å². The maximum atomic E-state index is 11.0. The number of amides is 1. The number of nitrogens with two attached hydrogens (primary N) is 1. The van der Waals surface area contributed by atoms with Gasteiger partial charge >= 0.3 is 0 Å². The Balaban J connectivity index is 1.90. The molecule has 0 aliphatic carbocycles. The number of rotatable bonds is 3. The first kappa shape index (κ1) is 10.2. The molecule has 1 aliphatic heterocycles. The maximum absolute atomic E-state index is 11.0. The van der Waals surface area contributed by atoms with Gasteiger partial charge in [-0.3, -0.25) is 9.69 Å². The summed E-state index contributed by atoms with van der Waals surface area (Å²) >= 11 is 0. The van der Waals surface area contributed by atoms with Crippen molar-refractivity contribution in [2.75, 3.05) is 13.1 Å². The van der Waals surface area contributed by atoms with Gasteiger partial charge < -0.3 is 5.73 Å². The molecule has 0 saturated carbocycles. The van der Waals surface area contributed by atoms with E-state index in [4.69, 9.17) is 5.73 Å². The summed E-state index contributed by atoms with van der Waals surface area (Å²) in [5.74, 6) is -0.112. The van der Waals surface area contributed by atoms with E-state index >= 15 is 0 Å². The van der Waals surface area contributed by atoms with Crippen molar-refractivity contribution in [1.82, 2.24) is 4.90 Å². The molecule has 0 radical (unpaired) electrons. The third kappa shape index (κ3) is 2.57. The predicted octanol–water partition coefficient (Wildman–Crippen LogP) is 0.994. The van der Waals surface area contributed by atoms with Crippen molar-refractivity contribution in [3.63, 3.8) is 0 Å². The molecule has 0 unspecified atom stereocenters. The average molecular weight is 204 g/mol. The van der Waals surface area contributed by atoms with Gasteiger partial charge in [-0.1, -0.05) is 30.3 Å². The summed E-state index contributed by atoms with van der Waals surface area (Å²) in [6.07, 6.45) is 0.905. The van der Waals surface area contributed by atoms with E-state index in [1.807, 2.05) is 18.2 Å². The molecule has 80 valence electrons. The molecule has 0 aromatic heterocycles. The van der Waals surface area contributed by atoms with Crippen LogP contribution in [0.5, 0.6) is 0 Å². The van der Waals surface area contributed by atoms with E-state index in [9.17, 15) is 4.79 Å². The SMILES string of the molecule is NC(=O)[C@H]1CCN(Cc2ccccc2)C1. The monoisotopic (exact) mass is 204 g/mol. The summed E-state index contributed by atoms with van der Waals surface area (Å²) in [5.41, 5.74) is 6.58. The number of carbonyl (C=O) groups is 1. The van der Waals surface area contributed by atoms with E-state index in [-0.39, 0.29) is 11.8 Å². The summed E-state index contributed by atoms with van der Waals surface area (Å²) in [6.45, 7) is 2.71. The minimum absolute atomic E-state index is 0.0497. The summed E-state index contributed by atoms with van der Waals surface area (Å²) in [6, 6.07) is 10.3. The van der Waals surface area contributed by atoms with E-state index in [2.05, 4.69) is 17.0 Å². The molecule has 1 amide bonds. The number of primary amides is 1. The Morgan fingerprint density at radius 1 is 1.40 bits per heavy atom. The molecule has 0 bridgehead atoms. The van der Waals surface area contributed by atoms with Gasteiger partial charge in [-0.05, 0) is 18.5 Å². The highest BCUT2D eigenvalue weighted by atomic mass is 16.1. The first-order valence-electron chi connectivity index (χ1n) is 5.31. The number of likely N-dealkylation sites (tertiary alicyclic amines) is 1. The van der Waals surface area contributed by atoms with Crippen molar-refractivity contribution in [2.45, 2.75) is 13.0 Å². The van der Waals surface area contributed by atoms with Crippen LogP contribution in [0.25, 0.3) is 0 Å². The van der Waals surface area contributed by atoms with Crippen LogP contribution < -0.4 is 5.73 Å². The molecule has 1 atom stereocenters. The van der Waals surface area contributed by atoms with E-state index in [0.717, 1.165) is 26.1 Å². The van der Waals surface area contributed by atoms with Crippen LogP contribution in [0.3, 0.4) is 0 Å². The normalized spacial score (nSPS) is 21.7. The fourth-order valence-electron chi connectivity index (χ4n) is 2.05. The van der Waals surface area contributed by atoms with Crippen molar-refractivity contribution >= 4 is 5.91 Å². The molecule has 3 nitrogen and oxygen atoms in total. The summed E-state index contributed by atoms with van der Waals surface area (Å²) in [7, 11) is 0. The topological polar surface area (TPSA) is 46.3 Å². The molecule has 2 N–H and O–H groups in total. The lowest BCUT2D eigenvalue weighted by molar-refractivity contribution is -0.121. The van der Waals surface area contributed by atoms with Crippen LogP contribution in [0.4, 0.5) is 0 Å². The third-order valence-corrected chi connectivity index (χ3v) is 2.92. The molecule has 2 rings (SSSR count). The Morgan fingerprint density at radius 2 is 2.13 bits per heavy atom. The molecule has 1 aliphatic rings. The Hall–Kier alpha value is -1.35. The van der Waals surface area contributed by atoms with Gasteiger partial charge in [0.2, 0.25) is 5.91 Å². The summed E-state index contributed by atoms with van der Waals surface area (Å²) < 4.78 is 0. The van der Waals surface area contributed by atoms with Crippen molar-refractivity contribution < 1.29 is 4.79 Å². The zero-order valence-corrected chi connectivity index (χ0v) is 8.73. The molecule has 15 heavy (non-hydrogen) atoms. The molecular weight excluding hydrogens is 188 g/mol. The molecule has 1 heterocycles. The molecule has 3 heteroatoms. The van der Waals surface area contributed by atoms with Crippen LogP contribution in [-0.4, -0.2) is 23.9 Å². The Labute approximate surface area is 89.9 Å². The second-order valence-corrected chi connectivity index (χ2v) is 4.11. The van der Waals surface area contributed by atoms with Gasteiger partial charge in [0.1, 0.15) is 0 Å². The fourth-order valence-corrected chi connectivity index (χ4v) is 2.05. The fraction of sp³-hybridized carbons (Fsp3) is 0.417. The van der Waals surface area contributed by atoms with Crippen molar-refractivity contribution in [3.8, 4) is 0 Å². The third-order valence-electron chi connectivity index (χ3n) is 2.92.